The molecule has 0 spiro atoms. The Morgan fingerprint density at radius 1 is 1.58 bits per heavy atom. The maximum Gasteiger partial charge on any atom is 0.105 e. The van der Waals surface area contributed by atoms with E-state index in [-0.39, 0.29) is 5.84 Å². The maximum absolute atomic E-state index is 7.17. The lowest BCUT2D eigenvalue weighted by Crippen LogP contribution is -2.51. The molecule has 0 radical (unpaired) electrons. The second kappa shape index (κ2) is 3.87. The van der Waals surface area contributed by atoms with E-state index in [1.54, 1.807) is 0 Å². The highest BCUT2D eigenvalue weighted by Crippen LogP contribution is 2.05. The molecular weight excluding hydrogens is 152 g/mol. The molecule has 4 nitrogen and oxygen atoms in total. The van der Waals surface area contributed by atoms with Gasteiger partial charge < -0.3 is 10.6 Å². The quantitative estimate of drug-likeness (QED) is 0.436. The van der Waals surface area contributed by atoms with E-state index in [1.165, 1.54) is 0 Å². The second-order valence-corrected chi connectivity index (χ2v) is 3.59. The van der Waals surface area contributed by atoms with Crippen molar-refractivity contribution in [3.05, 3.63) is 0 Å². The summed E-state index contributed by atoms with van der Waals surface area (Å²) in [5, 5.41) is 7.17. The molecule has 1 atom stereocenters. The summed E-state index contributed by atoms with van der Waals surface area (Å²) in [6.45, 7) is 5.95. The van der Waals surface area contributed by atoms with Gasteiger partial charge in [-0.3, -0.25) is 10.3 Å². The lowest BCUT2D eigenvalue weighted by atomic mass is 10.2. The predicted octanol–water partition coefficient (Wildman–Crippen LogP) is -0.442. The van der Waals surface area contributed by atoms with Crippen LogP contribution in [0, 0.1) is 5.41 Å². The fourth-order valence-corrected chi connectivity index (χ4v) is 1.51. The van der Waals surface area contributed by atoms with Crippen molar-refractivity contribution >= 4 is 5.84 Å². The molecule has 0 aromatic heterocycles. The molecule has 1 aliphatic heterocycles. The standard InChI is InChI=1S/C8H18N4/c1-7-5-12(6-8(9)10)4-3-11(7)2/h7H,3-6H2,1-2H3,(H3,9,10). The van der Waals surface area contributed by atoms with Crippen molar-refractivity contribution in [3.8, 4) is 0 Å². The van der Waals surface area contributed by atoms with Crippen LogP contribution in [0.15, 0.2) is 0 Å². The van der Waals surface area contributed by atoms with Crippen LogP contribution in [0.4, 0.5) is 0 Å². The molecule has 12 heavy (non-hydrogen) atoms. The molecule has 0 aromatic carbocycles. The van der Waals surface area contributed by atoms with Gasteiger partial charge >= 0.3 is 0 Å². The maximum atomic E-state index is 7.17. The summed E-state index contributed by atoms with van der Waals surface area (Å²) in [5.74, 6) is 0.270. The van der Waals surface area contributed by atoms with Crippen molar-refractivity contribution in [2.75, 3.05) is 33.2 Å². The molecule has 3 N–H and O–H groups in total. The van der Waals surface area contributed by atoms with Gasteiger partial charge in [0.05, 0.1) is 6.54 Å². The monoisotopic (exact) mass is 170 g/mol. The Morgan fingerprint density at radius 2 is 2.25 bits per heavy atom. The first kappa shape index (κ1) is 9.48. The zero-order valence-corrected chi connectivity index (χ0v) is 7.88. The van der Waals surface area contributed by atoms with Gasteiger partial charge in [0.1, 0.15) is 5.84 Å². The molecule has 0 amide bonds. The molecule has 1 unspecified atom stereocenters. The van der Waals surface area contributed by atoms with Gasteiger partial charge in [-0.05, 0) is 14.0 Å². The van der Waals surface area contributed by atoms with Gasteiger partial charge in [-0.1, -0.05) is 0 Å². The Labute approximate surface area is 73.8 Å². The lowest BCUT2D eigenvalue weighted by Gasteiger charge is -2.37. The molecule has 1 fully saturated rings. The molecular formula is C8H18N4. The van der Waals surface area contributed by atoms with Crippen LogP contribution in [0.3, 0.4) is 0 Å². The first-order valence-corrected chi connectivity index (χ1v) is 4.35. The molecule has 1 aliphatic rings. The highest BCUT2D eigenvalue weighted by Gasteiger charge is 2.20. The van der Waals surface area contributed by atoms with Crippen LogP contribution < -0.4 is 5.73 Å². The van der Waals surface area contributed by atoms with E-state index in [0.717, 1.165) is 19.6 Å². The Balaban J connectivity index is 2.35. The molecule has 1 saturated heterocycles. The van der Waals surface area contributed by atoms with E-state index in [9.17, 15) is 0 Å². The summed E-state index contributed by atoms with van der Waals surface area (Å²) in [5.41, 5.74) is 5.33. The molecule has 0 aromatic rings. The second-order valence-electron chi connectivity index (χ2n) is 3.59. The van der Waals surface area contributed by atoms with E-state index in [1.807, 2.05) is 0 Å². The Morgan fingerprint density at radius 3 is 2.75 bits per heavy atom. The summed E-state index contributed by atoms with van der Waals surface area (Å²) < 4.78 is 0. The average molecular weight is 170 g/mol. The van der Waals surface area contributed by atoms with E-state index in [2.05, 4.69) is 23.8 Å². The number of likely N-dealkylation sites (N-methyl/N-ethyl adjacent to an activating group) is 1. The smallest absolute Gasteiger partial charge is 0.105 e. The normalized spacial score (nSPS) is 27.3. The van der Waals surface area contributed by atoms with Crippen molar-refractivity contribution in [2.45, 2.75) is 13.0 Å². The average Bonchev–Trinajstić information content (AvgIpc) is 1.96. The number of hydrogen-bond donors (Lipinski definition) is 2. The molecule has 4 heteroatoms. The predicted molar refractivity (Wildman–Crippen MR) is 50.4 cm³/mol. The SMILES string of the molecule is CC1CN(CC(=N)N)CCN1C. The molecule has 70 valence electrons. The van der Waals surface area contributed by atoms with Gasteiger partial charge in [-0.15, -0.1) is 0 Å². The number of nitrogens with zero attached hydrogens (tertiary/aromatic N) is 2. The summed E-state index contributed by atoms with van der Waals surface area (Å²) in [6.07, 6.45) is 0. The Kier molecular flexibility index (Phi) is 3.05. The van der Waals surface area contributed by atoms with Gasteiger partial charge in [-0.2, -0.15) is 0 Å². The minimum Gasteiger partial charge on any atom is -0.387 e. The van der Waals surface area contributed by atoms with Crippen LogP contribution in [0.2, 0.25) is 0 Å². The topological polar surface area (TPSA) is 56.4 Å². The van der Waals surface area contributed by atoms with Gasteiger partial charge in [0.15, 0.2) is 0 Å². The fourth-order valence-electron chi connectivity index (χ4n) is 1.51. The van der Waals surface area contributed by atoms with Crippen LogP contribution in [-0.2, 0) is 0 Å². The van der Waals surface area contributed by atoms with Crippen molar-refractivity contribution in [1.82, 2.24) is 9.80 Å². The van der Waals surface area contributed by atoms with E-state index in [4.69, 9.17) is 11.1 Å². The first-order chi connectivity index (χ1) is 5.59. The first-order valence-electron chi connectivity index (χ1n) is 4.35. The highest BCUT2D eigenvalue weighted by atomic mass is 15.3. The summed E-state index contributed by atoms with van der Waals surface area (Å²) in [4.78, 5) is 4.56. The Bertz CT molecular complexity index is 168. The van der Waals surface area contributed by atoms with Crippen LogP contribution in [0.5, 0.6) is 0 Å². The third kappa shape index (κ3) is 2.46. The third-order valence-corrected chi connectivity index (χ3v) is 2.44. The number of hydrogen-bond acceptors (Lipinski definition) is 3. The molecule has 0 bridgehead atoms. The van der Waals surface area contributed by atoms with Crippen molar-refractivity contribution < 1.29 is 0 Å². The van der Waals surface area contributed by atoms with Crippen molar-refractivity contribution in [3.63, 3.8) is 0 Å². The van der Waals surface area contributed by atoms with Crippen LogP contribution in [-0.4, -0.2) is 54.9 Å². The number of nitrogens with two attached hydrogens (primary N) is 1. The zero-order valence-electron chi connectivity index (χ0n) is 7.88. The van der Waals surface area contributed by atoms with E-state index >= 15 is 0 Å². The largest absolute Gasteiger partial charge is 0.387 e. The lowest BCUT2D eigenvalue weighted by molar-refractivity contribution is 0.117. The summed E-state index contributed by atoms with van der Waals surface area (Å²) in [7, 11) is 2.13. The summed E-state index contributed by atoms with van der Waals surface area (Å²) in [6, 6.07) is 0.582. The Hall–Kier alpha value is -0.610. The van der Waals surface area contributed by atoms with Gasteiger partial charge in [0.25, 0.3) is 0 Å². The minimum atomic E-state index is 0.270. The van der Waals surface area contributed by atoms with Crippen molar-refractivity contribution in [2.24, 2.45) is 5.73 Å². The number of piperazine rings is 1. The van der Waals surface area contributed by atoms with Crippen molar-refractivity contribution in [1.29, 1.82) is 5.41 Å². The number of rotatable bonds is 2. The zero-order chi connectivity index (χ0) is 9.14. The molecule has 0 saturated carbocycles. The number of amidine groups is 1. The molecule has 1 heterocycles. The third-order valence-electron chi connectivity index (χ3n) is 2.44. The molecule has 0 aliphatic carbocycles. The van der Waals surface area contributed by atoms with Gasteiger partial charge in [0.2, 0.25) is 0 Å². The fraction of sp³-hybridized carbons (Fsp3) is 0.875. The van der Waals surface area contributed by atoms with Crippen LogP contribution in [0.25, 0.3) is 0 Å². The minimum absolute atomic E-state index is 0.270. The number of nitrogens with one attached hydrogen (secondary N) is 1. The molecule has 1 rings (SSSR count). The van der Waals surface area contributed by atoms with Crippen LogP contribution >= 0.6 is 0 Å². The van der Waals surface area contributed by atoms with Crippen LogP contribution in [0.1, 0.15) is 6.92 Å². The highest BCUT2D eigenvalue weighted by molar-refractivity contribution is 5.78. The van der Waals surface area contributed by atoms with E-state index < -0.39 is 0 Å². The van der Waals surface area contributed by atoms with Gasteiger partial charge in [-0.25, -0.2) is 0 Å². The van der Waals surface area contributed by atoms with Gasteiger partial charge in [0, 0.05) is 25.7 Å². The van der Waals surface area contributed by atoms with E-state index in [0.29, 0.717) is 12.6 Å². The summed E-state index contributed by atoms with van der Waals surface area (Å²) >= 11 is 0.